The minimum Gasteiger partial charge on any atom is -0.448 e. The van der Waals surface area contributed by atoms with Gasteiger partial charge in [0.15, 0.2) is 0 Å². The predicted octanol–water partition coefficient (Wildman–Crippen LogP) is 0.226. The predicted molar refractivity (Wildman–Crippen MR) is 31.7 cm³/mol. The van der Waals surface area contributed by atoms with Gasteiger partial charge in [-0.15, -0.1) is 0 Å². The van der Waals surface area contributed by atoms with Gasteiger partial charge < -0.3 is 9.80 Å². The first-order valence-electron chi connectivity index (χ1n) is 2.31. The Bertz CT molecular complexity index is 39.7. The average Bonchev–Trinajstić information content (AvgIpc) is 1.27. The van der Waals surface area contributed by atoms with E-state index in [-0.39, 0.29) is 17.1 Å². The molecule has 0 saturated heterocycles. The molecule has 0 unspecified atom stereocenters. The van der Waals surface area contributed by atoms with E-state index in [1.54, 1.807) is 0 Å². The molecular weight excluding hydrogens is 152 g/mol. The van der Waals surface area contributed by atoms with Crippen LogP contribution in [-0.2, 0) is 17.1 Å². The van der Waals surface area contributed by atoms with Crippen molar-refractivity contribution in [2.45, 2.75) is 0 Å². The number of hydrogen-bond acceptors (Lipinski definition) is 2. The molecule has 0 rings (SSSR count). The van der Waals surface area contributed by atoms with Gasteiger partial charge >= 0.3 is 17.1 Å². The standard InChI is InChI=1S/C5H13N2.Cu/c1-6(2)5-7(3)4;/h5H,1-4H3;/q-1;+1. The van der Waals surface area contributed by atoms with E-state index >= 15 is 0 Å². The molecule has 0 spiro atoms. The van der Waals surface area contributed by atoms with Crippen LogP contribution in [0.25, 0.3) is 0 Å². The molecule has 3 heteroatoms. The fourth-order valence-corrected chi connectivity index (χ4v) is 0.462. The Kier molecular flexibility index (Phi) is 7.85. The van der Waals surface area contributed by atoms with Gasteiger partial charge in [0.1, 0.15) is 0 Å². The van der Waals surface area contributed by atoms with Crippen LogP contribution in [0.1, 0.15) is 0 Å². The first kappa shape index (κ1) is 11.3. The zero-order valence-corrected chi connectivity index (χ0v) is 6.71. The Hall–Kier alpha value is 0.439. The van der Waals surface area contributed by atoms with E-state index in [1.807, 2.05) is 44.7 Å². The van der Waals surface area contributed by atoms with Crippen LogP contribution in [0.3, 0.4) is 0 Å². The van der Waals surface area contributed by atoms with Crippen LogP contribution in [0.4, 0.5) is 0 Å². The van der Waals surface area contributed by atoms with E-state index in [0.29, 0.717) is 0 Å². The monoisotopic (exact) mass is 164 g/mol. The summed E-state index contributed by atoms with van der Waals surface area (Å²) in [7, 11) is 8.00. The summed E-state index contributed by atoms with van der Waals surface area (Å²) in [5, 5.41) is 0. The molecule has 0 aromatic heterocycles. The fourth-order valence-electron chi connectivity index (χ4n) is 0.462. The second-order valence-electron chi connectivity index (χ2n) is 2.04. The van der Waals surface area contributed by atoms with E-state index in [2.05, 4.69) is 0 Å². The van der Waals surface area contributed by atoms with Crippen LogP contribution in [-0.4, -0.2) is 38.0 Å². The third kappa shape index (κ3) is 9.67. The number of rotatable bonds is 2. The third-order valence-corrected chi connectivity index (χ3v) is 0.462. The van der Waals surface area contributed by atoms with Gasteiger partial charge in [0.25, 0.3) is 0 Å². The maximum Gasteiger partial charge on any atom is 1.00 e. The molecule has 54 valence electrons. The SMILES string of the molecule is CN(C)[CH-]N(C)C.[Cu+]. The fraction of sp³-hybridized carbons (Fsp3) is 0.800. The Morgan fingerprint density at radius 3 is 1.12 bits per heavy atom. The van der Waals surface area contributed by atoms with Crippen molar-refractivity contribution in [1.29, 1.82) is 0 Å². The molecule has 0 amide bonds. The van der Waals surface area contributed by atoms with Crippen LogP contribution in [0.2, 0.25) is 0 Å². The second kappa shape index (κ2) is 5.57. The Morgan fingerprint density at radius 2 is 1.12 bits per heavy atom. The smallest absolute Gasteiger partial charge is 0.448 e. The molecule has 8 heavy (non-hydrogen) atoms. The summed E-state index contributed by atoms with van der Waals surface area (Å²) in [5.41, 5.74) is 0. The van der Waals surface area contributed by atoms with Gasteiger partial charge in [0, 0.05) is 0 Å². The molecule has 0 aromatic carbocycles. The van der Waals surface area contributed by atoms with Gasteiger partial charge in [0.05, 0.1) is 0 Å². The zero-order chi connectivity index (χ0) is 5.86. The van der Waals surface area contributed by atoms with Crippen molar-refractivity contribution >= 4 is 0 Å². The summed E-state index contributed by atoms with van der Waals surface area (Å²) in [6.07, 6.45) is 0. The normalized spacial score (nSPS) is 9.75. The first-order chi connectivity index (χ1) is 3.13. The topological polar surface area (TPSA) is 6.48 Å². The van der Waals surface area contributed by atoms with Gasteiger partial charge in [0.2, 0.25) is 0 Å². The summed E-state index contributed by atoms with van der Waals surface area (Å²) < 4.78 is 0. The molecule has 0 aliphatic heterocycles. The molecule has 0 aliphatic rings. The Labute approximate surface area is 62.3 Å². The molecule has 0 N–H and O–H groups in total. The van der Waals surface area contributed by atoms with Crippen molar-refractivity contribution in [3.8, 4) is 0 Å². The van der Waals surface area contributed by atoms with Crippen molar-refractivity contribution in [2.24, 2.45) is 0 Å². The summed E-state index contributed by atoms with van der Waals surface area (Å²) >= 11 is 0. The summed E-state index contributed by atoms with van der Waals surface area (Å²) in [6.45, 7) is 2.00. The van der Waals surface area contributed by atoms with Gasteiger partial charge in [-0.25, -0.2) is 6.67 Å². The molecule has 0 bridgehead atoms. The Balaban J connectivity index is 0. The third-order valence-electron chi connectivity index (χ3n) is 0.462. The van der Waals surface area contributed by atoms with Crippen molar-refractivity contribution in [2.75, 3.05) is 28.2 Å². The van der Waals surface area contributed by atoms with Gasteiger partial charge in [-0.3, -0.25) is 0 Å². The van der Waals surface area contributed by atoms with Crippen molar-refractivity contribution in [3.05, 3.63) is 6.67 Å². The maximum absolute atomic E-state index is 2.00. The first-order valence-corrected chi connectivity index (χ1v) is 2.31. The quantitative estimate of drug-likeness (QED) is 0.426. The average molecular weight is 165 g/mol. The Morgan fingerprint density at radius 1 is 0.875 bits per heavy atom. The van der Waals surface area contributed by atoms with Gasteiger partial charge in [-0.05, 0) is 28.2 Å². The summed E-state index contributed by atoms with van der Waals surface area (Å²) in [4.78, 5) is 4.00. The van der Waals surface area contributed by atoms with E-state index in [4.69, 9.17) is 0 Å². The van der Waals surface area contributed by atoms with Crippen LogP contribution >= 0.6 is 0 Å². The number of hydrogen-bond donors (Lipinski definition) is 0. The zero-order valence-electron chi connectivity index (χ0n) is 5.77. The van der Waals surface area contributed by atoms with Gasteiger partial charge in [-0.1, -0.05) is 0 Å². The number of nitrogens with zero attached hydrogens (tertiary/aromatic N) is 2. The molecule has 0 radical (unpaired) electrons. The molecule has 0 aliphatic carbocycles. The molecular formula is C5H13CuN2. The summed E-state index contributed by atoms with van der Waals surface area (Å²) in [5.74, 6) is 0. The van der Waals surface area contributed by atoms with Crippen LogP contribution in [0.5, 0.6) is 0 Å². The van der Waals surface area contributed by atoms with Crippen LogP contribution < -0.4 is 0 Å². The van der Waals surface area contributed by atoms with Crippen LogP contribution in [0.15, 0.2) is 0 Å². The van der Waals surface area contributed by atoms with E-state index in [9.17, 15) is 0 Å². The van der Waals surface area contributed by atoms with E-state index in [0.717, 1.165) is 0 Å². The van der Waals surface area contributed by atoms with Crippen molar-refractivity contribution in [3.63, 3.8) is 0 Å². The van der Waals surface area contributed by atoms with Crippen molar-refractivity contribution < 1.29 is 17.1 Å². The molecule has 0 fully saturated rings. The minimum absolute atomic E-state index is 0. The molecule has 0 saturated carbocycles. The largest absolute Gasteiger partial charge is 1.00 e. The van der Waals surface area contributed by atoms with Gasteiger partial charge in [-0.2, -0.15) is 0 Å². The molecule has 2 nitrogen and oxygen atoms in total. The molecule has 0 heterocycles. The van der Waals surface area contributed by atoms with Crippen LogP contribution in [0, 0.1) is 6.67 Å². The molecule has 0 aromatic rings. The van der Waals surface area contributed by atoms with Crippen molar-refractivity contribution in [1.82, 2.24) is 9.80 Å². The minimum atomic E-state index is 0. The molecule has 0 atom stereocenters. The summed E-state index contributed by atoms with van der Waals surface area (Å²) in [6, 6.07) is 0. The van der Waals surface area contributed by atoms with E-state index < -0.39 is 0 Å². The maximum atomic E-state index is 2.00. The second-order valence-corrected chi connectivity index (χ2v) is 2.04. The van der Waals surface area contributed by atoms with E-state index in [1.165, 1.54) is 0 Å².